The molecule has 1 heterocycles. The minimum atomic E-state index is 0.0899. The smallest absolute Gasteiger partial charge is 0.226 e. The number of likely N-dealkylation sites (tertiary alicyclic amines) is 1. The van der Waals surface area contributed by atoms with E-state index in [4.69, 9.17) is 23.2 Å². The molecule has 114 valence electrons. The number of nitrogens with one attached hydrogen (secondary N) is 1. The van der Waals surface area contributed by atoms with Gasteiger partial charge in [0, 0.05) is 25.0 Å². The van der Waals surface area contributed by atoms with Crippen LogP contribution in [0, 0.1) is 5.92 Å². The van der Waals surface area contributed by atoms with Crippen LogP contribution in [-0.4, -0.2) is 37.0 Å². The third kappa shape index (κ3) is 3.05. The Morgan fingerprint density at radius 2 is 2.00 bits per heavy atom. The van der Waals surface area contributed by atoms with Crippen molar-refractivity contribution in [1.82, 2.24) is 10.2 Å². The Kier molecular flexibility index (Phi) is 4.43. The topological polar surface area (TPSA) is 32.3 Å². The van der Waals surface area contributed by atoms with Crippen LogP contribution in [0.4, 0.5) is 0 Å². The number of carbonyl (C=O) groups excluding carboxylic acids is 1. The van der Waals surface area contributed by atoms with Gasteiger partial charge in [-0.25, -0.2) is 0 Å². The first-order valence-electron chi connectivity index (χ1n) is 7.51. The summed E-state index contributed by atoms with van der Waals surface area (Å²) in [6.07, 6.45) is 2.97. The number of piperidine rings is 1. The van der Waals surface area contributed by atoms with E-state index in [1.807, 2.05) is 24.1 Å². The maximum Gasteiger partial charge on any atom is 0.226 e. The third-order valence-corrected chi connectivity index (χ3v) is 5.54. The van der Waals surface area contributed by atoms with Gasteiger partial charge < -0.3 is 10.2 Å². The highest BCUT2D eigenvalue weighted by Gasteiger charge is 2.47. The molecule has 1 aliphatic carbocycles. The van der Waals surface area contributed by atoms with Crippen molar-refractivity contribution < 1.29 is 4.79 Å². The highest BCUT2D eigenvalue weighted by molar-refractivity contribution is 6.42. The maximum atomic E-state index is 12.6. The number of hydrogen-bond donors (Lipinski definition) is 1. The standard InChI is InChI=1S/C16H20Cl2N2O/c1-19-10-5-7-20(8-6-10)16(21)13-9-12(13)11-3-2-4-14(17)15(11)18/h2-4,10,12-13,19H,5-9H2,1H3/t12-,13+/m0/s1. The summed E-state index contributed by atoms with van der Waals surface area (Å²) in [5.74, 6) is 0.614. The molecule has 0 spiro atoms. The van der Waals surface area contributed by atoms with E-state index in [0.29, 0.717) is 16.1 Å². The van der Waals surface area contributed by atoms with Crippen LogP contribution in [0.15, 0.2) is 18.2 Å². The lowest BCUT2D eigenvalue weighted by Gasteiger charge is -2.32. The summed E-state index contributed by atoms with van der Waals surface area (Å²) in [4.78, 5) is 14.6. The van der Waals surface area contributed by atoms with Crippen molar-refractivity contribution >= 4 is 29.1 Å². The second kappa shape index (κ2) is 6.15. The molecule has 1 aliphatic heterocycles. The molecule has 1 saturated carbocycles. The van der Waals surface area contributed by atoms with Crippen LogP contribution in [-0.2, 0) is 4.79 Å². The van der Waals surface area contributed by atoms with E-state index in [-0.39, 0.29) is 17.7 Å². The summed E-state index contributed by atoms with van der Waals surface area (Å²) in [6, 6.07) is 6.22. The molecule has 0 bridgehead atoms. The van der Waals surface area contributed by atoms with Gasteiger partial charge in [-0.05, 0) is 43.9 Å². The third-order valence-electron chi connectivity index (χ3n) is 4.70. The fraction of sp³-hybridized carbons (Fsp3) is 0.562. The molecular weight excluding hydrogens is 307 g/mol. The van der Waals surface area contributed by atoms with Crippen LogP contribution in [0.5, 0.6) is 0 Å². The first-order valence-corrected chi connectivity index (χ1v) is 8.27. The lowest BCUT2D eigenvalue weighted by Crippen LogP contribution is -2.44. The zero-order valence-corrected chi connectivity index (χ0v) is 13.6. The number of benzene rings is 1. The Morgan fingerprint density at radius 1 is 1.29 bits per heavy atom. The summed E-state index contributed by atoms with van der Waals surface area (Å²) < 4.78 is 0. The average molecular weight is 327 g/mol. The Labute approximate surface area is 135 Å². The van der Waals surface area contributed by atoms with Crippen LogP contribution in [0.2, 0.25) is 10.0 Å². The quantitative estimate of drug-likeness (QED) is 0.924. The van der Waals surface area contributed by atoms with E-state index in [0.717, 1.165) is 37.9 Å². The fourth-order valence-electron chi connectivity index (χ4n) is 3.24. The predicted octanol–water partition coefficient (Wildman–Crippen LogP) is 3.31. The van der Waals surface area contributed by atoms with Gasteiger partial charge in [-0.1, -0.05) is 35.3 Å². The summed E-state index contributed by atoms with van der Waals surface area (Å²) in [6.45, 7) is 1.72. The van der Waals surface area contributed by atoms with Gasteiger partial charge in [0.15, 0.2) is 0 Å². The monoisotopic (exact) mass is 326 g/mol. The summed E-state index contributed by atoms with van der Waals surface area (Å²) in [5, 5.41) is 4.46. The Balaban J connectivity index is 1.63. The molecule has 2 aliphatic rings. The number of amides is 1. The van der Waals surface area contributed by atoms with E-state index in [1.54, 1.807) is 6.07 Å². The molecule has 1 amide bonds. The highest BCUT2D eigenvalue weighted by atomic mass is 35.5. The zero-order chi connectivity index (χ0) is 15.0. The van der Waals surface area contributed by atoms with Crippen LogP contribution in [0.3, 0.4) is 0 Å². The Bertz CT molecular complexity index is 541. The van der Waals surface area contributed by atoms with Gasteiger partial charge >= 0.3 is 0 Å². The summed E-state index contributed by atoms with van der Waals surface area (Å²) in [5.41, 5.74) is 1.02. The van der Waals surface area contributed by atoms with Crippen molar-refractivity contribution in [2.75, 3.05) is 20.1 Å². The summed E-state index contributed by atoms with van der Waals surface area (Å²) in [7, 11) is 1.99. The Morgan fingerprint density at radius 3 is 2.67 bits per heavy atom. The molecule has 0 unspecified atom stereocenters. The molecule has 2 atom stereocenters. The van der Waals surface area contributed by atoms with Crippen molar-refractivity contribution in [3.63, 3.8) is 0 Å². The van der Waals surface area contributed by atoms with Crippen molar-refractivity contribution in [1.29, 1.82) is 0 Å². The molecule has 1 aromatic rings. The SMILES string of the molecule is CNC1CCN(C(=O)[C@@H]2C[C@H]2c2cccc(Cl)c2Cl)CC1. The number of halogens is 2. The van der Waals surface area contributed by atoms with Gasteiger partial charge in [-0.2, -0.15) is 0 Å². The lowest BCUT2D eigenvalue weighted by molar-refractivity contribution is -0.133. The molecule has 0 aromatic heterocycles. The van der Waals surface area contributed by atoms with E-state index < -0.39 is 0 Å². The largest absolute Gasteiger partial charge is 0.342 e. The molecule has 5 heteroatoms. The number of nitrogens with zero attached hydrogens (tertiary/aromatic N) is 1. The molecule has 1 N–H and O–H groups in total. The minimum absolute atomic E-state index is 0.0899. The number of hydrogen-bond acceptors (Lipinski definition) is 2. The zero-order valence-electron chi connectivity index (χ0n) is 12.1. The molecule has 3 nitrogen and oxygen atoms in total. The van der Waals surface area contributed by atoms with Gasteiger partial charge in [0.1, 0.15) is 0 Å². The first kappa shape index (κ1) is 15.1. The molecule has 1 saturated heterocycles. The minimum Gasteiger partial charge on any atom is -0.342 e. The van der Waals surface area contributed by atoms with Crippen LogP contribution >= 0.6 is 23.2 Å². The maximum absolute atomic E-state index is 12.6. The summed E-state index contributed by atoms with van der Waals surface area (Å²) >= 11 is 12.3. The number of rotatable bonds is 3. The van der Waals surface area contributed by atoms with Gasteiger partial charge in [-0.3, -0.25) is 4.79 Å². The van der Waals surface area contributed by atoms with Crippen LogP contribution in [0.1, 0.15) is 30.7 Å². The van der Waals surface area contributed by atoms with Crippen LogP contribution < -0.4 is 5.32 Å². The van der Waals surface area contributed by atoms with Crippen molar-refractivity contribution in [3.8, 4) is 0 Å². The second-order valence-corrected chi connectivity index (χ2v) is 6.77. The van der Waals surface area contributed by atoms with E-state index in [2.05, 4.69) is 5.32 Å². The lowest BCUT2D eigenvalue weighted by atomic mass is 10.0. The van der Waals surface area contributed by atoms with Crippen molar-refractivity contribution in [3.05, 3.63) is 33.8 Å². The molecule has 21 heavy (non-hydrogen) atoms. The molecular formula is C16H20Cl2N2O. The Hall–Kier alpha value is -0.770. The van der Waals surface area contributed by atoms with Gasteiger partial charge in [0.25, 0.3) is 0 Å². The first-order chi connectivity index (χ1) is 10.1. The molecule has 0 radical (unpaired) electrons. The van der Waals surface area contributed by atoms with E-state index in [9.17, 15) is 4.79 Å². The van der Waals surface area contributed by atoms with Crippen molar-refractivity contribution in [2.24, 2.45) is 5.92 Å². The normalized spacial score (nSPS) is 26.0. The average Bonchev–Trinajstić information content (AvgIpc) is 3.30. The van der Waals surface area contributed by atoms with E-state index in [1.165, 1.54) is 0 Å². The fourth-order valence-corrected chi connectivity index (χ4v) is 3.69. The highest BCUT2D eigenvalue weighted by Crippen LogP contribution is 2.51. The van der Waals surface area contributed by atoms with E-state index >= 15 is 0 Å². The van der Waals surface area contributed by atoms with Crippen molar-refractivity contribution in [2.45, 2.75) is 31.2 Å². The predicted molar refractivity (Wildman–Crippen MR) is 86.0 cm³/mol. The molecule has 3 rings (SSSR count). The molecule has 1 aromatic carbocycles. The van der Waals surface area contributed by atoms with Crippen LogP contribution in [0.25, 0.3) is 0 Å². The van der Waals surface area contributed by atoms with Gasteiger partial charge in [0.05, 0.1) is 10.0 Å². The second-order valence-electron chi connectivity index (χ2n) is 5.98. The number of carbonyl (C=O) groups is 1. The molecule has 2 fully saturated rings. The van der Waals surface area contributed by atoms with Gasteiger partial charge in [0.2, 0.25) is 5.91 Å². The van der Waals surface area contributed by atoms with Gasteiger partial charge in [-0.15, -0.1) is 0 Å².